The maximum absolute atomic E-state index is 13.8. The molecule has 3 N–H and O–H groups in total. The number of imide groups is 1. The van der Waals surface area contributed by atoms with Crippen LogP contribution < -0.4 is 20.1 Å². The van der Waals surface area contributed by atoms with Crippen molar-refractivity contribution in [1.82, 2.24) is 10.2 Å². The third kappa shape index (κ3) is 3.06. The first-order valence-electron chi connectivity index (χ1n) is 11.5. The third-order valence-electron chi connectivity index (χ3n) is 7.41. The number of carboxylic acids is 1. The zero-order chi connectivity index (χ0) is 24.5. The second kappa shape index (κ2) is 7.54. The van der Waals surface area contributed by atoms with Crippen molar-refractivity contribution >= 4 is 29.4 Å². The molecule has 3 amide bonds. The standard InChI is InChI=1S/C25H23N3O7/c1-12-2-4-15-14(8-12)25(24(33)26-15)21-20(16(27-25)5-7-19(29)30)22(31)28(23(21)32)10-13-3-6-17-18(9-13)35-11-34-17/h2-4,6,8-9,16,20-21,27H,5,7,10-11H2,1H3,(H,26,33)(H,29,30). The summed E-state index contributed by atoms with van der Waals surface area (Å²) < 4.78 is 10.7. The van der Waals surface area contributed by atoms with Crippen molar-refractivity contribution < 1.29 is 33.8 Å². The molecule has 0 aliphatic carbocycles. The quantitative estimate of drug-likeness (QED) is 0.552. The maximum atomic E-state index is 13.8. The minimum atomic E-state index is -1.44. The van der Waals surface area contributed by atoms with Gasteiger partial charge in [-0.05, 0) is 37.1 Å². The number of hydrogen-bond donors (Lipinski definition) is 3. The van der Waals surface area contributed by atoms with E-state index in [1.165, 1.54) is 4.90 Å². The molecule has 0 bridgehead atoms. The van der Waals surface area contributed by atoms with E-state index < -0.39 is 47.1 Å². The number of carbonyl (C=O) groups excluding carboxylic acids is 3. The van der Waals surface area contributed by atoms with Crippen molar-refractivity contribution in [3.8, 4) is 11.5 Å². The van der Waals surface area contributed by atoms with Gasteiger partial charge in [0.05, 0.1) is 18.4 Å². The van der Waals surface area contributed by atoms with Crippen LogP contribution in [-0.2, 0) is 31.3 Å². The van der Waals surface area contributed by atoms with E-state index in [1.807, 2.05) is 19.1 Å². The summed E-state index contributed by atoms with van der Waals surface area (Å²) in [4.78, 5) is 53.4. The van der Waals surface area contributed by atoms with Crippen LogP contribution in [0.5, 0.6) is 11.5 Å². The number of ether oxygens (including phenoxy) is 2. The van der Waals surface area contributed by atoms with Crippen molar-refractivity contribution in [1.29, 1.82) is 0 Å². The summed E-state index contributed by atoms with van der Waals surface area (Å²) >= 11 is 0. The Morgan fingerprint density at radius 2 is 1.91 bits per heavy atom. The Balaban J connectivity index is 1.40. The predicted molar refractivity (Wildman–Crippen MR) is 120 cm³/mol. The van der Waals surface area contributed by atoms with E-state index in [0.29, 0.717) is 28.3 Å². The summed E-state index contributed by atoms with van der Waals surface area (Å²) in [5.74, 6) is -2.98. The number of anilines is 1. The number of fused-ring (bicyclic) bond motifs is 5. The average Bonchev–Trinajstić information content (AvgIpc) is 3.55. The molecule has 2 saturated heterocycles. The number of amides is 3. The molecule has 4 atom stereocenters. The fraction of sp³-hybridized carbons (Fsp3) is 0.360. The number of benzene rings is 2. The summed E-state index contributed by atoms with van der Waals surface area (Å²) in [6, 6.07) is 10.1. The Morgan fingerprint density at radius 1 is 1.11 bits per heavy atom. The number of nitrogens with one attached hydrogen (secondary N) is 2. The van der Waals surface area contributed by atoms with E-state index >= 15 is 0 Å². The van der Waals surface area contributed by atoms with Crippen molar-refractivity contribution in [3.05, 3.63) is 53.1 Å². The molecule has 4 aliphatic heterocycles. The molecule has 2 aromatic carbocycles. The highest BCUT2D eigenvalue weighted by Gasteiger charge is 2.70. The molecule has 4 heterocycles. The van der Waals surface area contributed by atoms with Crippen LogP contribution in [0.25, 0.3) is 0 Å². The van der Waals surface area contributed by atoms with Gasteiger partial charge in [0.2, 0.25) is 24.5 Å². The molecule has 0 saturated carbocycles. The number of aliphatic carboxylic acids is 1. The summed E-state index contributed by atoms with van der Waals surface area (Å²) in [7, 11) is 0. The third-order valence-corrected chi connectivity index (χ3v) is 7.41. The number of hydrogen-bond acceptors (Lipinski definition) is 7. The van der Waals surface area contributed by atoms with Crippen LogP contribution in [0.15, 0.2) is 36.4 Å². The summed E-state index contributed by atoms with van der Waals surface area (Å²) in [5, 5.41) is 15.4. The van der Waals surface area contributed by atoms with Gasteiger partial charge in [-0.2, -0.15) is 0 Å². The molecule has 2 fully saturated rings. The Morgan fingerprint density at radius 3 is 2.71 bits per heavy atom. The molecular weight excluding hydrogens is 454 g/mol. The fourth-order valence-corrected chi connectivity index (χ4v) is 5.88. The molecule has 10 nitrogen and oxygen atoms in total. The van der Waals surface area contributed by atoms with Crippen LogP contribution in [0.1, 0.15) is 29.5 Å². The van der Waals surface area contributed by atoms with E-state index in [9.17, 15) is 24.3 Å². The first-order valence-corrected chi connectivity index (χ1v) is 11.5. The molecule has 2 aromatic rings. The van der Waals surface area contributed by atoms with Crippen LogP contribution >= 0.6 is 0 Å². The smallest absolute Gasteiger partial charge is 0.303 e. The van der Waals surface area contributed by atoms with E-state index in [1.54, 1.807) is 24.3 Å². The predicted octanol–water partition coefficient (Wildman–Crippen LogP) is 1.51. The minimum Gasteiger partial charge on any atom is -0.481 e. The highest BCUT2D eigenvalue weighted by atomic mass is 16.7. The lowest BCUT2D eigenvalue weighted by atomic mass is 9.76. The van der Waals surface area contributed by atoms with Crippen molar-refractivity contribution in [2.24, 2.45) is 11.8 Å². The number of rotatable bonds is 5. The average molecular weight is 477 g/mol. The molecule has 4 aliphatic rings. The Bertz CT molecular complexity index is 1310. The summed E-state index contributed by atoms with van der Waals surface area (Å²) in [5.41, 5.74) is 1.35. The van der Waals surface area contributed by atoms with Gasteiger partial charge in [-0.3, -0.25) is 29.4 Å². The molecule has 0 radical (unpaired) electrons. The molecule has 0 aromatic heterocycles. The molecule has 1 spiro atoms. The number of carbonyl (C=O) groups is 4. The Labute approximate surface area is 200 Å². The van der Waals surface area contributed by atoms with E-state index in [-0.39, 0.29) is 26.2 Å². The van der Waals surface area contributed by atoms with Crippen LogP contribution in [-0.4, -0.2) is 46.5 Å². The lowest BCUT2D eigenvalue weighted by Gasteiger charge is -2.29. The molecule has 35 heavy (non-hydrogen) atoms. The molecule has 4 unspecified atom stereocenters. The van der Waals surface area contributed by atoms with Gasteiger partial charge >= 0.3 is 5.97 Å². The number of likely N-dealkylation sites (tertiary alicyclic amines) is 1. The first kappa shape index (κ1) is 21.6. The van der Waals surface area contributed by atoms with E-state index in [4.69, 9.17) is 9.47 Å². The van der Waals surface area contributed by atoms with Gasteiger partial charge in [0.15, 0.2) is 11.5 Å². The first-order chi connectivity index (χ1) is 16.8. The second-order valence-corrected chi connectivity index (χ2v) is 9.45. The highest BCUT2D eigenvalue weighted by molar-refractivity contribution is 6.15. The van der Waals surface area contributed by atoms with Gasteiger partial charge in [-0.1, -0.05) is 23.8 Å². The van der Waals surface area contributed by atoms with Crippen LogP contribution in [0.2, 0.25) is 0 Å². The minimum absolute atomic E-state index is 0.0192. The van der Waals surface area contributed by atoms with Gasteiger partial charge in [0, 0.05) is 23.7 Å². The molecule has 6 rings (SSSR count). The largest absolute Gasteiger partial charge is 0.481 e. The monoisotopic (exact) mass is 477 g/mol. The molecule has 180 valence electrons. The van der Waals surface area contributed by atoms with E-state index in [2.05, 4.69) is 10.6 Å². The SMILES string of the molecule is Cc1ccc2c(c1)C1(NC(CCC(=O)O)C3C(=O)N(Cc4ccc5c(c4)OCO5)C(=O)C31)C(=O)N2. The number of nitrogens with zero attached hydrogens (tertiary/aromatic N) is 1. The van der Waals surface area contributed by atoms with Crippen LogP contribution in [0.4, 0.5) is 5.69 Å². The van der Waals surface area contributed by atoms with Crippen molar-refractivity contribution in [2.45, 2.75) is 37.9 Å². The maximum Gasteiger partial charge on any atom is 0.303 e. The molecular formula is C25H23N3O7. The topological polar surface area (TPSA) is 134 Å². The van der Waals surface area contributed by atoms with Gasteiger partial charge in [0.1, 0.15) is 5.54 Å². The number of aryl methyl sites for hydroxylation is 1. The van der Waals surface area contributed by atoms with Crippen LogP contribution in [0.3, 0.4) is 0 Å². The van der Waals surface area contributed by atoms with Gasteiger partial charge in [0.25, 0.3) is 0 Å². The van der Waals surface area contributed by atoms with Crippen molar-refractivity contribution in [2.75, 3.05) is 12.1 Å². The lowest BCUT2D eigenvalue weighted by molar-refractivity contribution is -0.144. The zero-order valence-corrected chi connectivity index (χ0v) is 18.9. The normalized spacial score (nSPS) is 28.0. The lowest BCUT2D eigenvalue weighted by Crippen LogP contribution is -2.53. The zero-order valence-electron chi connectivity index (χ0n) is 18.9. The van der Waals surface area contributed by atoms with Gasteiger partial charge in [-0.15, -0.1) is 0 Å². The second-order valence-electron chi connectivity index (χ2n) is 9.45. The van der Waals surface area contributed by atoms with E-state index in [0.717, 1.165) is 5.56 Å². The van der Waals surface area contributed by atoms with Crippen molar-refractivity contribution in [3.63, 3.8) is 0 Å². The summed E-state index contributed by atoms with van der Waals surface area (Å²) in [6.45, 7) is 2.02. The Hall–Kier alpha value is -3.92. The molecule has 10 heteroatoms. The van der Waals surface area contributed by atoms with Crippen LogP contribution in [0, 0.1) is 18.8 Å². The van der Waals surface area contributed by atoms with Gasteiger partial charge < -0.3 is 19.9 Å². The van der Waals surface area contributed by atoms with Gasteiger partial charge in [-0.25, -0.2) is 0 Å². The Kier molecular flexibility index (Phi) is 4.65. The highest BCUT2D eigenvalue weighted by Crippen LogP contribution is 2.54. The number of carboxylic acid groups (broad SMARTS) is 1. The fourth-order valence-electron chi connectivity index (χ4n) is 5.88. The summed E-state index contributed by atoms with van der Waals surface area (Å²) in [6.07, 6.45) is -0.0769.